The van der Waals surface area contributed by atoms with E-state index in [1.54, 1.807) is 6.08 Å². The lowest BCUT2D eigenvalue weighted by molar-refractivity contribution is 0.0954. The third-order valence-corrected chi connectivity index (χ3v) is 4.90. The summed E-state index contributed by atoms with van der Waals surface area (Å²) in [6.07, 6.45) is 3.15. The van der Waals surface area contributed by atoms with Gasteiger partial charge in [0, 0.05) is 44.6 Å². The monoisotopic (exact) mass is 381 g/mol. The molecule has 2 heterocycles. The predicted octanol–water partition coefficient (Wildman–Crippen LogP) is 2.34. The number of benzene rings is 1. The molecule has 7 heteroatoms. The number of aromatic nitrogens is 2. The fourth-order valence-electron chi connectivity index (χ4n) is 3.52. The minimum atomic E-state index is -0.275. The van der Waals surface area contributed by atoms with Gasteiger partial charge in [0.05, 0.1) is 7.11 Å². The maximum Gasteiger partial charge on any atom is 0.258 e. The van der Waals surface area contributed by atoms with E-state index < -0.39 is 0 Å². The first kappa shape index (κ1) is 19.7. The van der Waals surface area contributed by atoms with Crippen molar-refractivity contribution in [3.05, 3.63) is 53.7 Å². The standard InChI is InChI=1S/C21H27N5O2/c1-5-9-22-19(27)17-14-23-21(24-20(17)28-4)26-12-10-25(11-13-26)18-15(2)7-6-8-16(18)3/h5-8,14H,1,9-13H2,2-4H3,(H,22,27). The van der Waals surface area contributed by atoms with E-state index in [0.717, 1.165) is 26.2 Å². The van der Waals surface area contributed by atoms with Crippen LogP contribution >= 0.6 is 0 Å². The zero-order valence-corrected chi connectivity index (χ0v) is 16.7. The number of aryl methyl sites for hydroxylation is 2. The van der Waals surface area contributed by atoms with Crippen LogP contribution in [0, 0.1) is 13.8 Å². The molecule has 1 amide bonds. The molecule has 1 aliphatic heterocycles. The zero-order chi connectivity index (χ0) is 20.1. The molecule has 1 N–H and O–H groups in total. The summed E-state index contributed by atoms with van der Waals surface area (Å²) >= 11 is 0. The molecule has 0 spiro atoms. The Kier molecular flexibility index (Phi) is 6.13. The maximum absolute atomic E-state index is 12.2. The quantitative estimate of drug-likeness (QED) is 0.775. The molecule has 28 heavy (non-hydrogen) atoms. The molecular formula is C21H27N5O2. The number of carbonyl (C=O) groups excluding carboxylic acids is 1. The summed E-state index contributed by atoms with van der Waals surface area (Å²) in [5.41, 5.74) is 4.22. The van der Waals surface area contributed by atoms with Gasteiger partial charge in [0.15, 0.2) is 0 Å². The van der Waals surface area contributed by atoms with E-state index in [9.17, 15) is 4.79 Å². The Bertz CT molecular complexity index is 840. The first-order valence-corrected chi connectivity index (χ1v) is 9.41. The van der Waals surface area contributed by atoms with Crippen LogP contribution in [0.4, 0.5) is 11.6 Å². The predicted molar refractivity (Wildman–Crippen MR) is 111 cm³/mol. The molecule has 0 aliphatic carbocycles. The van der Waals surface area contributed by atoms with Gasteiger partial charge in [0.2, 0.25) is 11.8 Å². The van der Waals surface area contributed by atoms with Crippen molar-refractivity contribution in [3.63, 3.8) is 0 Å². The van der Waals surface area contributed by atoms with Crippen molar-refractivity contribution in [3.8, 4) is 5.88 Å². The summed E-state index contributed by atoms with van der Waals surface area (Å²) in [4.78, 5) is 25.6. The molecule has 1 aromatic heterocycles. The summed E-state index contributed by atoms with van der Waals surface area (Å²) in [6.45, 7) is 11.7. The van der Waals surface area contributed by atoms with Gasteiger partial charge in [-0.15, -0.1) is 6.58 Å². The van der Waals surface area contributed by atoms with Crippen molar-refractivity contribution in [2.75, 3.05) is 49.6 Å². The average Bonchev–Trinajstić information content (AvgIpc) is 2.72. The molecule has 7 nitrogen and oxygen atoms in total. The first-order chi connectivity index (χ1) is 13.5. The minimum absolute atomic E-state index is 0.275. The maximum atomic E-state index is 12.2. The highest BCUT2D eigenvalue weighted by Gasteiger charge is 2.23. The van der Waals surface area contributed by atoms with E-state index in [4.69, 9.17) is 4.74 Å². The van der Waals surface area contributed by atoms with Crippen molar-refractivity contribution in [1.82, 2.24) is 15.3 Å². The van der Waals surface area contributed by atoms with E-state index in [2.05, 4.69) is 63.7 Å². The smallest absolute Gasteiger partial charge is 0.258 e. The Morgan fingerprint density at radius 1 is 1.21 bits per heavy atom. The summed E-state index contributed by atoms with van der Waals surface area (Å²) in [5.74, 6) is 0.588. The number of para-hydroxylation sites is 1. The summed E-state index contributed by atoms with van der Waals surface area (Å²) < 4.78 is 5.32. The Hall–Kier alpha value is -3.09. The van der Waals surface area contributed by atoms with E-state index in [1.807, 2.05) is 0 Å². The van der Waals surface area contributed by atoms with Crippen LogP contribution in [0.3, 0.4) is 0 Å². The van der Waals surface area contributed by atoms with E-state index >= 15 is 0 Å². The number of piperazine rings is 1. The van der Waals surface area contributed by atoms with E-state index in [-0.39, 0.29) is 11.8 Å². The number of carbonyl (C=O) groups is 1. The molecule has 0 unspecified atom stereocenters. The van der Waals surface area contributed by atoms with Crippen molar-refractivity contribution in [1.29, 1.82) is 0 Å². The van der Waals surface area contributed by atoms with Crippen molar-refractivity contribution >= 4 is 17.5 Å². The molecule has 2 aromatic rings. The van der Waals surface area contributed by atoms with Gasteiger partial charge < -0.3 is 19.9 Å². The number of anilines is 2. The number of amides is 1. The second-order valence-electron chi connectivity index (χ2n) is 6.81. The first-order valence-electron chi connectivity index (χ1n) is 9.41. The van der Waals surface area contributed by atoms with Crippen LogP contribution in [0.15, 0.2) is 37.1 Å². The Labute approximate surface area is 166 Å². The number of hydrogen-bond donors (Lipinski definition) is 1. The molecule has 1 saturated heterocycles. The van der Waals surface area contributed by atoms with Gasteiger partial charge in [-0.3, -0.25) is 4.79 Å². The van der Waals surface area contributed by atoms with Crippen LogP contribution < -0.4 is 19.9 Å². The van der Waals surface area contributed by atoms with Crippen LogP contribution in [-0.2, 0) is 0 Å². The highest BCUT2D eigenvalue weighted by atomic mass is 16.5. The number of nitrogens with zero attached hydrogens (tertiary/aromatic N) is 4. The van der Waals surface area contributed by atoms with Crippen LogP contribution in [0.1, 0.15) is 21.5 Å². The lowest BCUT2D eigenvalue weighted by atomic mass is 10.1. The molecule has 0 atom stereocenters. The topological polar surface area (TPSA) is 70.6 Å². The number of methoxy groups -OCH3 is 1. The third-order valence-electron chi connectivity index (χ3n) is 4.90. The van der Waals surface area contributed by atoms with Gasteiger partial charge in [-0.05, 0) is 25.0 Å². The largest absolute Gasteiger partial charge is 0.480 e. The molecule has 3 rings (SSSR count). The van der Waals surface area contributed by atoms with Gasteiger partial charge in [0.1, 0.15) is 5.56 Å². The molecular weight excluding hydrogens is 354 g/mol. The second-order valence-corrected chi connectivity index (χ2v) is 6.81. The van der Waals surface area contributed by atoms with Crippen molar-refractivity contribution in [2.45, 2.75) is 13.8 Å². The fourth-order valence-corrected chi connectivity index (χ4v) is 3.52. The number of ether oxygens (including phenoxy) is 1. The van der Waals surface area contributed by atoms with Crippen LogP contribution in [0.5, 0.6) is 5.88 Å². The molecule has 1 aliphatic rings. The van der Waals surface area contributed by atoms with Gasteiger partial charge in [0.25, 0.3) is 5.91 Å². The average molecular weight is 381 g/mol. The normalized spacial score (nSPS) is 14.0. The van der Waals surface area contributed by atoms with Crippen LogP contribution in [-0.4, -0.2) is 55.7 Å². The van der Waals surface area contributed by atoms with Crippen molar-refractivity contribution in [2.24, 2.45) is 0 Å². The molecule has 0 radical (unpaired) electrons. The third kappa shape index (κ3) is 4.08. The van der Waals surface area contributed by atoms with Crippen LogP contribution in [0.25, 0.3) is 0 Å². The Balaban J connectivity index is 1.72. The lowest BCUT2D eigenvalue weighted by Gasteiger charge is -2.37. The summed E-state index contributed by atoms with van der Waals surface area (Å²) in [7, 11) is 1.51. The Morgan fingerprint density at radius 2 is 1.86 bits per heavy atom. The van der Waals surface area contributed by atoms with Crippen LogP contribution in [0.2, 0.25) is 0 Å². The summed E-state index contributed by atoms with van der Waals surface area (Å²) in [6, 6.07) is 6.40. The molecule has 1 aromatic carbocycles. The minimum Gasteiger partial charge on any atom is -0.480 e. The second kappa shape index (κ2) is 8.73. The van der Waals surface area contributed by atoms with Gasteiger partial charge in [-0.1, -0.05) is 24.3 Å². The highest BCUT2D eigenvalue weighted by molar-refractivity contribution is 5.96. The Morgan fingerprint density at radius 3 is 2.46 bits per heavy atom. The number of rotatable bonds is 6. The van der Waals surface area contributed by atoms with E-state index in [1.165, 1.54) is 30.1 Å². The highest BCUT2D eigenvalue weighted by Crippen LogP contribution is 2.26. The molecule has 1 fully saturated rings. The van der Waals surface area contributed by atoms with Gasteiger partial charge in [-0.2, -0.15) is 4.98 Å². The number of nitrogens with one attached hydrogen (secondary N) is 1. The lowest BCUT2D eigenvalue weighted by Crippen LogP contribution is -2.47. The SMILES string of the molecule is C=CCNC(=O)c1cnc(N2CCN(c3c(C)cccc3C)CC2)nc1OC. The van der Waals surface area contributed by atoms with E-state index in [0.29, 0.717) is 18.1 Å². The molecule has 0 bridgehead atoms. The zero-order valence-electron chi connectivity index (χ0n) is 16.7. The number of hydrogen-bond acceptors (Lipinski definition) is 6. The van der Waals surface area contributed by atoms with Gasteiger partial charge in [-0.25, -0.2) is 4.98 Å². The van der Waals surface area contributed by atoms with Crippen molar-refractivity contribution < 1.29 is 9.53 Å². The molecule has 148 valence electrons. The summed E-state index contributed by atoms with van der Waals surface area (Å²) in [5, 5.41) is 2.72. The molecule has 0 saturated carbocycles. The van der Waals surface area contributed by atoms with Gasteiger partial charge >= 0.3 is 0 Å². The fraction of sp³-hybridized carbons (Fsp3) is 0.381.